The molecule has 1 saturated heterocycles. The lowest BCUT2D eigenvalue weighted by Crippen LogP contribution is -2.33. The minimum atomic E-state index is -0.0217. The molecule has 1 aliphatic heterocycles. The molecule has 0 bridgehead atoms. The zero-order valence-corrected chi connectivity index (χ0v) is 10.9. The van der Waals surface area contributed by atoms with Crippen molar-refractivity contribution < 1.29 is 9.53 Å². The molecule has 1 aromatic carbocycles. The second-order valence-corrected chi connectivity index (χ2v) is 4.85. The highest BCUT2D eigenvalue weighted by molar-refractivity contribution is 5.94. The molecular formula is C14H20N2O2. The van der Waals surface area contributed by atoms with Gasteiger partial charge in [0.2, 0.25) is 5.91 Å². The van der Waals surface area contributed by atoms with E-state index >= 15 is 0 Å². The van der Waals surface area contributed by atoms with Crippen molar-refractivity contribution in [2.75, 3.05) is 18.6 Å². The van der Waals surface area contributed by atoms with Gasteiger partial charge in [-0.2, -0.15) is 0 Å². The van der Waals surface area contributed by atoms with Gasteiger partial charge in [-0.3, -0.25) is 4.79 Å². The summed E-state index contributed by atoms with van der Waals surface area (Å²) in [6.07, 6.45) is 0.988. The van der Waals surface area contributed by atoms with Gasteiger partial charge in [-0.1, -0.05) is 12.1 Å². The van der Waals surface area contributed by atoms with Crippen molar-refractivity contribution in [2.24, 2.45) is 11.7 Å². The largest absolute Gasteiger partial charge is 0.378 e. The molecule has 4 nitrogen and oxygen atoms in total. The number of anilines is 1. The van der Waals surface area contributed by atoms with Gasteiger partial charge < -0.3 is 15.4 Å². The predicted molar refractivity (Wildman–Crippen MR) is 71.3 cm³/mol. The number of nitrogens with two attached hydrogens (primary N) is 1. The third-order valence-corrected chi connectivity index (χ3v) is 3.41. The average molecular weight is 248 g/mol. The molecule has 1 heterocycles. The Morgan fingerprint density at radius 3 is 2.94 bits per heavy atom. The molecule has 1 aromatic rings. The highest BCUT2D eigenvalue weighted by atomic mass is 16.5. The fraction of sp³-hybridized carbons (Fsp3) is 0.500. The molecule has 0 aromatic heterocycles. The zero-order valence-electron chi connectivity index (χ0n) is 10.9. The number of ether oxygens (including phenoxy) is 1. The van der Waals surface area contributed by atoms with Crippen LogP contribution >= 0.6 is 0 Å². The molecule has 98 valence electrons. The highest BCUT2D eigenvalue weighted by Crippen LogP contribution is 2.24. The number of amides is 1. The van der Waals surface area contributed by atoms with Crippen LogP contribution in [0.4, 0.5) is 5.69 Å². The number of hydrogen-bond acceptors (Lipinski definition) is 3. The van der Waals surface area contributed by atoms with Crippen LogP contribution in [0.15, 0.2) is 24.3 Å². The number of carbonyl (C=O) groups is 1. The molecule has 18 heavy (non-hydrogen) atoms. The van der Waals surface area contributed by atoms with Gasteiger partial charge in [0.1, 0.15) is 0 Å². The summed E-state index contributed by atoms with van der Waals surface area (Å²) in [5, 5.41) is 0. The van der Waals surface area contributed by atoms with Crippen LogP contribution in [0.25, 0.3) is 0 Å². The maximum atomic E-state index is 12.3. The Morgan fingerprint density at radius 1 is 1.56 bits per heavy atom. The lowest BCUT2D eigenvalue weighted by atomic mass is 10.0. The van der Waals surface area contributed by atoms with E-state index in [0.717, 1.165) is 17.7 Å². The van der Waals surface area contributed by atoms with Gasteiger partial charge >= 0.3 is 0 Å². The molecule has 2 N–H and O–H groups in total. The molecule has 2 atom stereocenters. The Morgan fingerprint density at radius 2 is 2.33 bits per heavy atom. The van der Waals surface area contributed by atoms with Crippen LogP contribution in [-0.2, 0) is 16.1 Å². The highest BCUT2D eigenvalue weighted by Gasteiger charge is 2.30. The molecule has 1 aliphatic rings. The van der Waals surface area contributed by atoms with E-state index in [2.05, 4.69) is 0 Å². The van der Waals surface area contributed by atoms with Crippen molar-refractivity contribution in [1.29, 1.82) is 0 Å². The number of hydrogen-bond donors (Lipinski definition) is 1. The van der Waals surface area contributed by atoms with E-state index in [1.54, 1.807) is 11.9 Å². The first-order valence-corrected chi connectivity index (χ1v) is 6.30. The van der Waals surface area contributed by atoms with E-state index in [0.29, 0.717) is 13.2 Å². The second kappa shape index (κ2) is 5.50. The minimum Gasteiger partial charge on any atom is -0.378 e. The lowest BCUT2D eigenvalue weighted by Gasteiger charge is -2.21. The standard InChI is InChI=1S/C14H20N2O2/c1-10-6-12(9-18-10)14(17)16(2)13-5-3-4-11(7-13)8-15/h3-5,7,10,12H,6,8-9,15H2,1-2H3. The summed E-state index contributed by atoms with van der Waals surface area (Å²) in [7, 11) is 1.81. The van der Waals surface area contributed by atoms with Crippen LogP contribution in [-0.4, -0.2) is 25.7 Å². The van der Waals surface area contributed by atoms with Crippen molar-refractivity contribution in [3.8, 4) is 0 Å². The molecule has 1 fully saturated rings. The van der Waals surface area contributed by atoms with E-state index in [4.69, 9.17) is 10.5 Å². The molecule has 0 saturated carbocycles. The van der Waals surface area contributed by atoms with E-state index in [-0.39, 0.29) is 17.9 Å². The van der Waals surface area contributed by atoms with Crippen molar-refractivity contribution >= 4 is 11.6 Å². The number of carbonyl (C=O) groups excluding carboxylic acids is 1. The van der Waals surface area contributed by atoms with Gasteiger partial charge in [-0.25, -0.2) is 0 Å². The maximum absolute atomic E-state index is 12.3. The molecule has 4 heteroatoms. The Bertz CT molecular complexity index is 434. The summed E-state index contributed by atoms with van der Waals surface area (Å²) in [5.74, 6) is 0.0973. The van der Waals surface area contributed by atoms with Crippen LogP contribution < -0.4 is 10.6 Å². The second-order valence-electron chi connectivity index (χ2n) is 4.85. The fourth-order valence-corrected chi connectivity index (χ4v) is 2.28. The normalized spacial score (nSPS) is 23.1. The molecule has 2 unspecified atom stereocenters. The SMILES string of the molecule is CC1CC(C(=O)N(C)c2cccc(CN)c2)CO1. The molecule has 0 spiro atoms. The summed E-state index contributed by atoms with van der Waals surface area (Å²) in [6, 6.07) is 7.77. The van der Waals surface area contributed by atoms with Gasteiger partial charge in [0.05, 0.1) is 18.6 Å². The first kappa shape index (κ1) is 13.1. The van der Waals surface area contributed by atoms with Crippen LogP contribution in [0, 0.1) is 5.92 Å². The number of benzene rings is 1. The van der Waals surface area contributed by atoms with Crippen molar-refractivity contribution in [1.82, 2.24) is 0 Å². The van der Waals surface area contributed by atoms with Gasteiger partial charge in [-0.15, -0.1) is 0 Å². The maximum Gasteiger partial charge on any atom is 0.232 e. The Labute approximate surface area is 108 Å². The first-order chi connectivity index (χ1) is 8.61. The van der Waals surface area contributed by atoms with E-state index in [1.807, 2.05) is 31.2 Å². The van der Waals surface area contributed by atoms with Gasteiger partial charge in [-0.05, 0) is 31.0 Å². The van der Waals surface area contributed by atoms with E-state index < -0.39 is 0 Å². The average Bonchev–Trinajstić information content (AvgIpc) is 2.83. The molecule has 1 amide bonds. The monoisotopic (exact) mass is 248 g/mol. The van der Waals surface area contributed by atoms with Crippen molar-refractivity contribution in [2.45, 2.75) is 26.0 Å². The summed E-state index contributed by atoms with van der Waals surface area (Å²) in [5.41, 5.74) is 7.53. The topological polar surface area (TPSA) is 55.6 Å². The molecule has 0 aliphatic carbocycles. The van der Waals surface area contributed by atoms with Crippen molar-refractivity contribution in [3.63, 3.8) is 0 Å². The van der Waals surface area contributed by atoms with Crippen LogP contribution in [0.3, 0.4) is 0 Å². The fourth-order valence-electron chi connectivity index (χ4n) is 2.28. The quantitative estimate of drug-likeness (QED) is 0.882. The van der Waals surface area contributed by atoms with Crippen LogP contribution in [0.5, 0.6) is 0 Å². The first-order valence-electron chi connectivity index (χ1n) is 6.30. The smallest absolute Gasteiger partial charge is 0.232 e. The number of nitrogens with zero attached hydrogens (tertiary/aromatic N) is 1. The predicted octanol–water partition coefficient (Wildman–Crippen LogP) is 1.53. The van der Waals surface area contributed by atoms with Crippen LogP contribution in [0.1, 0.15) is 18.9 Å². The van der Waals surface area contributed by atoms with E-state index in [1.165, 1.54) is 0 Å². The summed E-state index contributed by atoms with van der Waals surface area (Å²) >= 11 is 0. The Balaban J connectivity index is 2.10. The molecular weight excluding hydrogens is 228 g/mol. The van der Waals surface area contributed by atoms with Crippen molar-refractivity contribution in [3.05, 3.63) is 29.8 Å². The van der Waals surface area contributed by atoms with E-state index in [9.17, 15) is 4.79 Å². The van der Waals surface area contributed by atoms with Gasteiger partial charge in [0.25, 0.3) is 0 Å². The Hall–Kier alpha value is -1.39. The van der Waals surface area contributed by atoms with Gasteiger partial charge in [0, 0.05) is 19.3 Å². The molecule has 0 radical (unpaired) electrons. The summed E-state index contributed by atoms with van der Waals surface area (Å²) < 4.78 is 5.45. The van der Waals surface area contributed by atoms with Crippen LogP contribution in [0.2, 0.25) is 0 Å². The summed E-state index contributed by atoms with van der Waals surface area (Å²) in [6.45, 7) is 3.02. The zero-order chi connectivity index (χ0) is 13.1. The third kappa shape index (κ3) is 2.71. The Kier molecular flexibility index (Phi) is 3.99. The van der Waals surface area contributed by atoms with Gasteiger partial charge in [0.15, 0.2) is 0 Å². The minimum absolute atomic E-state index is 0.0217. The number of rotatable bonds is 3. The third-order valence-electron chi connectivity index (χ3n) is 3.41. The molecule has 2 rings (SSSR count). The summed E-state index contributed by atoms with van der Waals surface area (Å²) in [4.78, 5) is 14.0. The lowest BCUT2D eigenvalue weighted by molar-refractivity contribution is -0.122.